The summed E-state index contributed by atoms with van der Waals surface area (Å²) in [5, 5.41) is 7.74. The molecule has 1 aliphatic rings. The Bertz CT molecular complexity index is 422. The summed E-state index contributed by atoms with van der Waals surface area (Å²) < 4.78 is 9.45. The van der Waals surface area contributed by atoms with Gasteiger partial charge in [-0.2, -0.15) is 10.2 Å². The lowest BCUT2D eigenvalue weighted by atomic mass is 9.94. The Labute approximate surface area is 112 Å². The molecule has 0 aliphatic carbocycles. The van der Waals surface area contributed by atoms with E-state index in [1.807, 2.05) is 18.7 Å². The molecule has 0 fully saturated rings. The number of hydrogen-bond donors (Lipinski definition) is 0. The Morgan fingerprint density at radius 3 is 2.00 bits per heavy atom. The molecule has 0 aromatic rings. The van der Waals surface area contributed by atoms with Crippen LogP contribution >= 0.6 is 0 Å². The Balaban J connectivity index is 3.43. The van der Waals surface area contributed by atoms with Gasteiger partial charge in [0.15, 0.2) is 0 Å². The molecular weight excluding hydrogens is 250 g/mol. The van der Waals surface area contributed by atoms with Gasteiger partial charge in [-0.05, 0) is 20.8 Å². The van der Waals surface area contributed by atoms with Crippen LogP contribution in [0.5, 0.6) is 0 Å². The highest BCUT2D eigenvalue weighted by Gasteiger charge is 2.57. The number of methoxy groups -OCH3 is 2. The van der Waals surface area contributed by atoms with Crippen LogP contribution in [0.25, 0.3) is 0 Å². The molecule has 19 heavy (non-hydrogen) atoms. The molecule has 1 rings (SSSR count). The summed E-state index contributed by atoms with van der Waals surface area (Å²) in [5.74, 6) is -1.58. The monoisotopic (exact) mass is 269 g/mol. The Kier molecular flexibility index (Phi) is 4.63. The number of ether oxygens (including phenoxy) is 2. The Morgan fingerprint density at radius 2 is 1.63 bits per heavy atom. The van der Waals surface area contributed by atoms with E-state index in [0.29, 0.717) is 24.5 Å². The van der Waals surface area contributed by atoms with Crippen LogP contribution < -0.4 is 0 Å². The van der Waals surface area contributed by atoms with E-state index in [1.165, 1.54) is 14.2 Å². The fraction of sp³-hybridized carbons (Fsp3) is 0.667. The number of nitrogens with zero attached hydrogens (tertiary/aromatic N) is 3. The molecule has 0 bridgehead atoms. The van der Waals surface area contributed by atoms with Gasteiger partial charge in [-0.1, -0.05) is 0 Å². The Morgan fingerprint density at radius 1 is 1.16 bits per heavy atom. The molecule has 1 heterocycles. The minimum atomic E-state index is -1.83. The van der Waals surface area contributed by atoms with Crippen LogP contribution in [0.3, 0.4) is 0 Å². The number of azo groups is 1. The molecule has 0 atom stereocenters. The molecule has 0 unspecified atom stereocenters. The van der Waals surface area contributed by atoms with Crippen LogP contribution in [0.15, 0.2) is 21.6 Å². The van der Waals surface area contributed by atoms with Crippen LogP contribution in [0, 0.1) is 0 Å². The van der Waals surface area contributed by atoms with Crippen molar-refractivity contribution in [2.45, 2.75) is 26.3 Å². The van der Waals surface area contributed by atoms with Gasteiger partial charge in [0.05, 0.1) is 25.6 Å². The fourth-order valence-corrected chi connectivity index (χ4v) is 2.16. The smallest absolute Gasteiger partial charge is 0.353 e. The van der Waals surface area contributed by atoms with E-state index in [0.717, 1.165) is 0 Å². The standard InChI is InChI=1S/C12H19N3O4/c1-6-15(7-2)9-8(3)13-14-12(9,10(16)18-4)11(17)19-5/h6-7H2,1-5H3. The highest BCUT2D eigenvalue weighted by molar-refractivity contribution is 6.09. The quantitative estimate of drug-likeness (QED) is 0.551. The zero-order valence-corrected chi connectivity index (χ0v) is 11.9. The number of likely N-dealkylation sites (N-methyl/N-ethyl adjacent to an activating group) is 1. The third-order valence-electron chi connectivity index (χ3n) is 3.08. The summed E-state index contributed by atoms with van der Waals surface area (Å²) >= 11 is 0. The van der Waals surface area contributed by atoms with Crippen molar-refractivity contribution in [3.05, 3.63) is 11.4 Å². The third kappa shape index (κ3) is 2.20. The molecule has 0 saturated carbocycles. The highest BCUT2D eigenvalue weighted by Crippen LogP contribution is 2.36. The summed E-state index contributed by atoms with van der Waals surface area (Å²) in [6, 6.07) is 0. The largest absolute Gasteiger partial charge is 0.466 e. The number of allylic oxidation sites excluding steroid dienone is 1. The molecule has 0 aromatic carbocycles. The van der Waals surface area contributed by atoms with Crippen molar-refractivity contribution in [3.63, 3.8) is 0 Å². The third-order valence-corrected chi connectivity index (χ3v) is 3.08. The minimum Gasteiger partial charge on any atom is -0.466 e. The van der Waals surface area contributed by atoms with Gasteiger partial charge in [0.1, 0.15) is 0 Å². The SMILES string of the molecule is CCN(CC)C1=C(C)N=NC1(C(=O)OC)C(=O)OC. The molecule has 1 aliphatic heterocycles. The van der Waals surface area contributed by atoms with E-state index >= 15 is 0 Å². The van der Waals surface area contributed by atoms with Crippen LogP contribution in [-0.2, 0) is 19.1 Å². The maximum Gasteiger partial charge on any atom is 0.353 e. The first kappa shape index (κ1) is 15.1. The van der Waals surface area contributed by atoms with Gasteiger partial charge >= 0.3 is 17.5 Å². The first-order valence-corrected chi connectivity index (χ1v) is 6.05. The zero-order valence-electron chi connectivity index (χ0n) is 11.9. The van der Waals surface area contributed by atoms with Crippen molar-refractivity contribution in [2.75, 3.05) is 27.3 Å². The van der Waals surface area contributed by atoms with E-state index in [9.17, 15) is 9.59 Å². The van der Waals surface area contributed by atoms with Crippen molar-refractivity contribution in [3.8, 4) is 0 Å². The fourth-order valence-electron chi connectivity index (χ4n) is 2.16. The van der Waals surface area contributed by atoms with Gasteiger partial charge in [0, 0.05) is 13.1 Å². The lowest BCUT2D eigenvalue weighted by Gasteiger charge is -2.31. The van der Waals surface area contributed by atoms with Crippen molar-refractivity contribution >= 4 is 11.9 Å². The average molecular weight is 269 g/mol. The average Bonchev–Trinajstić information content (AvgIpc) is 2.78. The summed E-state index contributed by atoms with van der Waals surface area (Å²) in [5.41, 5.74) is -0.893. The van der Waals surface area contributed by atoms with Crippen molar-refractivity contribution < 1.29 is 19.1 Å². The second-order valence-electron chi connectivity index (χ2n) is 4.00. The maximum atomic E-state index is 12.1. The molecule has 0 N–H and O–H groups in total. The summed E-state index contributed by atoms with van der Waals surface area (Å²) in [6.45, 7) is 6.77. The molecule has 106 valence electrons. The van der Waals surface area contributed by atoms with E-state index in [-0.39, 0.29) is 0 Å². The predicted octanol–water partition coefficient (Wildman–Crippen LogP) is 1.11. The highest BCUT2D eigenvalue weighted by atomic mass is 16.5. The Hall–Kier alpha value is -1.92. The van der Waals surface area contributed by atoms with Gasteiger partial charge in [-0.25, -0.2) is 9.59 Å². The van der Waals surface area contributed by atoms with Gasteiger partial charge < -0.3 is 14.4 Å². The van der Waals surface area contributed by atoms with E-state index in [2.05, 4.69) is 10.2 Å². The lowest BCUT2D eigenvalue weighted by molar-refractivity contribution is -0.159. The van der Waals surface area contributed by atoms with Crippen LogP contribution in [0.2, 0.25) is 0 Å². The topological polar surface area (TPSA) is 80.6 Å². The number of carbonyl (C=O) groups excluding carboxylic acids is 2. The minimum absolute atomic E-state index is 0.427. The number of esters is 2. The molecular formula is C12H19N3O4. The molecule has 7 nitrogen and oxygen atoms in total. The van der Waals surface area contributed by atoms with Crippen LogP contribution in [-0.4, -0.2) is 49.7 Å². The number of carbonyl (C=O) groups is 2. The van der Waals surface area contributed by atoms with E-state index < -0.39 is 17.5 Å². The van der Waals surface area contributed by atoms with Crippen molar-refractivity contribution in [1.82, 2.24) is 4.90 Å². The van der Waals surface area contributed by atoms with Gasteiger partial charge in [-0.15, -0.1) is 0 Å². The van der Waals surface area contributed by atoms with Crippen LogP contribution in [0.1, 0.15) is 20.8 Å². The molecule has 0 radical (unpaired) electrons. The van der Waals surface area contributed by atoms with Crippen LogP contribution in [0.4, 0.5) is 0 Å². The zero-order chi connectivity index (χ0) is 14.6. The van der Waals surface area contributed by atoms with Crippen molar-refractivity contribution in [1.29, 1.82) is 0 Å². The predicted molar refractivity (Wildman–Crippen MR) is 67.2 cm³/mol. The number of hydrogen-bond acceptors (Lipinski definition) is 7. The van der Waals surface area contributed by atoms with Gasteiger partial charge in [0.25, 0.3) is 0 Å². The van der Waals surface area contributed by atoms with E-state index in [4.69, 9.17) is 9.47 Å². The molecule has 0 spiro atoms. The number of rotatable bonds is 5. The normalized spacial score (nSPS) is 16.5. The van der Waals surface area contributed by atoms with Crippen molar-refractivity contribution in [2.24, 2.45) is 10.2 Å². The van der Waals surface area contributed by atoms with Gasteiger partial charge in [-0.3, -0.25) is 0 Å². The van der Waals surface area contributed by atoms with Gasteiger partial charge in [0.2, 0.25) is 0 Å². The molecule has 0 saturated heterocycles. The van der Waals surface area contributed by atoms with E-state index in [1.54, 1.807) is 6.92 Å². The molecule has 7 heteroatoms. The maximum absolute atomic E-state index is 12.1. The second kappa shape index (κ2) is 5.81. The summed E-state index contributed by atoms with van der Waals surface area (Å²) in [4.78, 5) is 26.0. The molecule has 0 amide bonds. The summed E-state index contributed by atoms with van der Waals surface area (Å²) in [6.07, 6.45) is 0. The second-order valence-corrected chi connectivity index (χ2v) is 4.00. The lowest BCUT2D eigenvalue weighted by Crippen LogP contribution is -2.51. The molecule has 0 aromatic heterocycles. The first-order valence-electron chi connectivity index (χ1n) is 6.05. The summed E-state index contributed by atoms with van der Waals surface area (Å²) in [7, 11) is 2.41. The first-order chi connectivity index (χ1) is 8.99.